The Morgan fingerprint density at radius 1 is 1.00 bits per heavy atom. The lowest BCUT2D eigenvalue weighted by Crippen LogP contribution is -2.03. The molecule has 21 heavy (non-hydrogen) atoms. The van der Waals surface area contributed by atoms with Crippen molar-refractivity contribution in [2.24, 2.45) is 0 Å². The summed E-state index contributed by atoms with van der Waals surface area (Å²) in [4.78, 5) is 12.5. The maximum Gasteiger partial charge on any atom is 0.193 e. The summed E-state index contributed by atoms with van der Waals surface area (Å²) >= 11 is 6.00. The van der Waals surface area contributed by atoms with Crippen LogP contribution in [-0.2, 0) is 0 Å². The van der Waals surface area contributed by atoms with Crippen molar-refractivity contribution in [1.29, 1.82) is 0 Å². The van der Waals surface area contributed by atoms with E-state index in [1.165, 1.54) is 0 Å². The van der Waals surface area contributed by atoms with E-state index in [1.807, 2.05) is 6.92 Å². The molecule has 1 heterocycles. The zero-order valence-electron chi connectivity index (χ0n) is 11.7. The van der Waals surface area contributed by atoms with Crippen LogP contribution in [0, 0.1) is 6.92 Å². The van der Waals surface area contributed by atoms with Crippen molar-refractivity contribution in [3.05, 3.63) is 58.1 Å². The molecule has 0 amide bonds. The Bertz CT molecular complexity index is 694. The molecule has 0 N–H and O–H groups in total. The first kappa shape index (κ1) is 14.0. The van der Waals surface area contributed by atoms with Crippen LogP contribution in [0.5, 0.6) is 11.5 Å². The molecule has 2 aromatic rings. The highest BCUT2D eigenvalue weighted by atomic mass is 35.5. The Hall–Kier alpha value is -2.00. The lowest BCUT2D eigenvalue weighted by molar-refractivity contribution is 0.103. The predicted octanol–water partition coefficient (Wildman–Crippen LogP) is 4.04. The van der Waals surface area contributed by atoms with Gasteiger partial charge in [-0.05, 0) is 48.9 Å². The zero-order valence-corrected chi connectivity index (χ0v) is 12.4. The Morgan fingerprint density at radius 2 is 1.67 bits per heavy atom. The lowest BCUT2D eigenvalue weighted by atomic mass is 10.0. The molecule has 3 nitrogen and oxygen atoms in total. The minimum Gasteiger partial charge on any atom is -0.490 e. The number of benzene rings is 2. The molecule has 0 radical (unpaired) electrons. The van der Waals surface area contributed by atoms with Gasteiger partial charge in [-0.1, -0.05) is 11.6 Å². The summed E-state index contributed by atoms with van der Waals surface area (Å²) in [7, 11) is 0. The van der Waals surface area contributed by atoms with Gasteiger partial charge in [0.2, 0.25) is 0 Å². The first-order valence-corrected chi connectivity index (χ1v) is 7.23. The Balaban J connectivity index is 1.94. The minimum atomic E-state index is -0.0505. The summed E-state index contributed by atoms with van der Waals surface area (Å²) in [5.74, 6) is 1.27. The van der Waals surface area contributed by atoms with E-state index in [-0.39, 0.29) is 5.78 Å². The van der Waals surface area contributed by atoms with E-state index in [4.69, 9.17) is 21.1 Å². The third-order valence-electron chi connectivity index (χ3n) is 3.43. The van der Waals surface area contributed by atoms with Gasteiger partial charge in [0.15, 0.2) is 17.3 Å². The summed E-state index contributed by atoms with van der Waals surface area (Å²) < 4.78 is 11.2. The molecule has 0 unspecified atom stereocenters. The van der Waals surface area contributed by atoms with Crippen molar-refractivity contribution >= 4 is 17.4 Å². The van der Waals surface area contributed by atoms with Gasteiger partial charge in [0.05, 0.1) is 13.2 Å². The number of rotatable bonds is 2. The van der Waals surface area contributed by atoms with E-state index in [0.29, 0.717) is 40.9 Å². The average Bonchev–Trinajstić information content (AvgIpc) is 2.73. The van der Waals surface area contributed by atoms with E-state index >= 15 is 0 Å². The van der Waals surface area contributed by atoms with E-state index in [0.717, 1.165) is 12.0 Å². The van der Waals surface area contributed by atoms with E-state index in [9.17, 15) is 4.79 Å². The SMILES string of the molecule is Cc1cc(C(=O)c2ccc3c(c2)OCCCO3)ccc1Cl. The molecule has 1 aliphatic rings. The zero-order chi connectivity index (χ0) is 14.8. The van der Waals surface area contributed by atoms with Gasteiger partial charge in [0.1, 0.15) is 0 Å². The van der Waals surface area contributed by atoms with Crippen molar-refractivity contribution in [2.45, 2.75) is 13.3 Å². The molecule has 0 saturated heterocycles. The monoisotopic (exact) mass is 302 g/mol. The van der Waals surface area contributed by atoms with Gasteiger partial charge in [-0.25, -0.2) is 0 Å². The lowest BCUT2D eigenvalue weighted by Gasteiger charge is -2.09. The van der Waals surface area contributed by atoms with Crippen molar-refractivity contribution < 1.29 is 14.3 Å². The molecule has 0 aromatic heterocycles. The molecule has 0 atom stereocenters. The minimum absolute atomic E-state index is 0.0505. The quantitative estimate of drug-likeness (QED) is 0.785. The van der Waals surface area contributed by atoms with Crippen LogP contribution < -0.4 is 9.47 Å². The number of fused-ring (bicyclic) bond motifs is 1. The Labute approximate surface area is 128 Å². The molecule has 2 aromatic carbocycles. The van der Waals surface area contributed by atoms with Gasteiger partial charge in [0.25, 0.3) is 0 Å². The normalized spacial score (nSPS) is 13.6. The van der Waals surface area contributed by atoms with Crippen LogP contribution in [0.1, 0.15) is 27.9 Å². The fourth-order valence-electron chi connectivity index (χ4n) is 2.26. The van der Waals surface area contributed by atoms with Crippen molar-refractivity contribution in [3.8, 4) is 11.5 Å². The van der Waals surface area contributed by atoms with E-state index in [1.54, 1.807) is 36.4 Å². The second-order valence-corrected chi connectivity index (χ2v) is 5.41. The smallest absolute Gasteiger partial charge is 0.193 e. The third-order valence-corrected chi connectivity index (χ3v) is 3.85. The van der Waals surface area contributed by atoms with Crippen LogP contribution in [0.15, 0.2) is 36.4 Å². The highest BCUT2D eigenvalue weighted by Crippen LogP contribution is 2.31. The van der Waals surface area contributed by atoms with Crippen LogP contribution in [0.3, 0.4) is 0 Å². The Morgan fingerprint density at radius 3 is 2.43 bits per heavy atom. The first-order valence-electron chi connectivity index (χ1n) is 6.85. The number of aryl methyl sites for hydroxylation is 1. The number of hydrogen-bond donors (Lipinski definition) is 0. The highest BCUT2D eigenvalue weighted by molar-refractivity contribution is 6.31. The van der Waals surface area contributed by atoms with Gasteiger partial charge in [-0.3, -0.25) is 4.79 Å². The molecule has 4 heteroatoms. The number of carbonyl (C=O) groups is 1. The van der Waals surface area contributed by atoms with Crippen LogP contribution >= 0.6 is 11.6 Å². The number of ether oxygens (including phenoxy) is 2. The van der Waals surface area contributed by atoms with E-state index < -0.39 is 0 Å². The predicted molar refractivity (Wildman–Crippen MR) is 81.7 cm³/mol. The van der Waals surface area contributed by atoms with Gasteiger partial charge < -0.3 is 9.47 Å². The third kappa shape index (κ3) is 2.88. The van der Waals surface area contributed by atoms with Gasteiger partial charge >= 0.3 is 0 Å². The first-order chi connectivity index (χ1) is 10.1. The van der Waals surface area contributed by atoms with Crippen LogP contribution in [0.2, 0.25) is 5.02 Å². The largest absolute Gasteiger partial charge is 0.490 e. The van der Waals surface area contributed by atoms with Crippen molar-refractivity contribution in [2.75, 3.05) is 13.2 Å². The average molecular weight is 303 g/mol. The molecule has 108 valence electrons. The Kier molecular flexibility index (Phi) is 3.84. The van der Waals surface area contributed by atoms with Crippen LogP contribution in [0.25, 0.3) is 0 Å². The molecule has 0 aliphatic carbocycles. The van der Waals surface area contributed by atoms with Crippen LogP contribution in [0.4, 0.5) is 0 Å². The highest BCUT2D eigenvalue weighted by Gasteiger charge is 2.15. The fraction of sp³-hybridized carbons (Fsp3) is 0.235. The summed E-state index contributed by atoms with van der Waals surface area (Å²) in [5, 5.41) is 0.658. The van der Waals surface area contributed by atoms with Crippen molar-refractivity contribution in [3.63, 3.8) is 0 Å². The summed E-state index contributed by atoms with van der Waals surface area (Å²) in [5.41, 5.74) is 2.09. The summed E-state index contributed by atoms with van der Waals surface area (Å²) in [6.07, 6.45) is 0.842. The molecular weight excluding hydrogens is 288 g/mol. The van der Waals surface area contributed by atoms with Crippen molar-refractivity contribution in [1.82, 2.24) is 0 Å². The molecular formula is C17H15ClO3. The molecule has 0 fully saturated rings. The second-order valence-electron chi connectivity index (χ2n) is 5.01. The molecule has 0 spiro atoms. The van der Waals surface area contributed by atoms with E-state index in [2.05, 4.69) is 0 Å². The maximum atomic E-state index is 12.5. The van der Waals surface area contributed by atoms with Crippen LogP contribution in [-0.4, -0.2) is 19.0 Å². The van der Waals surface area contributed by atoms with Gasteiger partial charge in [-0.15, -0.1) is 0 Å². The number of ketones is 1. The number of hydrogen-bond acceptors (Lipinski definition) is 3. The topological polar surface area (TPSA) is 35.5 Å². The molecule has 1 aliphatic heterocycles. The number of carbonyl (C=O) groups excluding carboxylic acids is 1. The maximum absolute atomic E-state index is 12.5. The summed E-state index contributed by atoms with van der Waals surface area (Å²) in [6, 6.07) is 10.6. The molecule has 0 bridgehead atoms. The fourth-order valence-corrected chi connectivity index (χ4v) is 2.37. The van der Waals surface area contributed by atoms with Gasteiger partial charge in [-0.2, -0.15) is 0 Å². The second kappa shape index (κ2) is 5.78. The standard InChI is InChI=1S/C17H15ClO3/c1-11-9-12(3-5-14(11)18)17(19)13-4-6-15-16(10-13)21-8-2-7-20-15/h3-6,9-10H,2,7-8H2,1H3. The number of halogens is 1. The molecule has 3 rings (SSSR count). The summed E-state index contributed by atoms with van der Waals surface area (Å²) in [6.45, 7) is 3.12. The van der Waals surface area contributed by atoms with Gasteiger partial charge in [0, 0.05) is 22.6 Å². The molecule has 0 saturated carbocycles.